The zero-order valence-electron chi connectivity index (χ0n) is 19.0. The molecule has 0 radical (unpaired) electrons. The Hall–Kier alpha value is -1.26. The Labute approximate surface area is 189 Å². The number of hydrogen-bond donors (Lipinski definition) is 1. The van der Waals surface area contributed by atoms with E-state index < -0.39 is 5.91 Å². The number of primary amides is 1. The quantitative estimate of drug-likeness (QED) is 0.178. The van der Waals surface area contributed by atoms with E-state index in [1.807, 2.05) is 11.1 Å². The number of nitrogens with two attached hydrogens (primary N) is 1. The lowest BCUT2D eigenvalue weighted by atomic mass is 10.1. The van der Waals surface area contributed by atoms with Gasteiger partial charge < -0.3 is 15.4 Å². The number of carbonyl (C=O) groups is 1. The molecule has 172 valence electrons. The first-order valence-electron chi connectivity index (χ1n) is 12.0. The smallest absolute Gasteiger partial charge is 0.247 e. The molecule has 0 saturated heterocycles. The van der Waals surface area contributed by atoms with E-state index >= 15 is 0 Å². The van der Waals surface area contributed by atoms with E-state index in [0.717, 1.165) is 13.0 Å². The van der Waals surface area contributed by atoms with Gasteiger partial charge in [-0.25, -0.2) is 0 Å². The van der Waals surface area contributed by atoms with E-state index in [2.05, 4.69) is 19.1 Å². The minimum atomic E-state index is -0.470. The molecule has 0 bridgehead atoms. The number of unbranched alkanes of at least 4 members (excludes halogenated alkanes) is 12. The molecular weight excluding hydrogens is 396 g/mol. The zero-order valence-corrected chi connectivity index (χ0v) is 19.8. The van der Waals surface area contributed by atoms with Gasteiger partial charge in [0.25, 0.3) is 0 Å². The summed E-state index contributed by atoms with van der Waals surface area (Å²) in [7, 11) is 0. The summed E-state index contributed by atoms with van der Waals surface area (Å²) >= 11 is 5.98. The third kappa shape index (κ3) is 13.9. The van der Waals surface area contributed by atoms with Gasteiger partial charge in [0, 0.05) is 12.8 Å². The normalized spacial score (nSPS) is 14.3. The first kappa shape index (κ1) is 26.8. The number of hydrogen-bond acceptors (Lipinski definition) is 3. The highest BCUT2D eigenvalue weighted by atomic mass is 35.5. The third-order valence-corrected chi connectivity index (χ3v) is 5.79. The molecule has 1 aliphatic rings. The molecule has 0 atom stereocenters. The summed E-state index contributed by atoms with van der Waals surface area (Å²) in [4.78, 5) is 13.2. The van der Waals surface area contributed by atoms with Gasteiger partial charge in [0.2, 0.25) is 5.91 Å². The highest BCUT2D eigenvalue weighted by molar-refractivity contribution is 6.33. The number of halogens is 1. The number of carbonyl (C=O) groups excluding carboxylic acids is 1. The molecule has 0 aromatic rings. The van der Waals surface area contributed by atoms with E-state index in [1.54, 1.807) is 6.08 Å². The van der Waals surface area contributed by atoms with E-state index in [-0.39, 0.29) is 0 Å². The van der Waals surface area contributed by atoms with Crippen LogP contribution in [0.15, 0.2) is 35.0 Å². The largest absolute Gasteiger partial charge is 0.366 e. The van der Waals surface area contributed by atoms with E-state index in [4.69, 9.17) is 22.1 Å². The van der Waals surface area contributed by atoms with Crippen LogP contribution in [0.1, 0.15) is 96.8 Å². The van der Waals surface area contributed by atoms with Crippen molar-refractivity contribution in [2.75, 3.05) is 19.9 Å². The molecule has 0 unspecified atom stereocenters. The fourth-order valence-corrected chi connectivity index (χ4v) is 3.73. The second kappa shape index (κ2) is 18.5. The van der Waals surface area contributed by atoms with Gasteiger partial charge >= 0.3 is 0 Å². The summed E-state index contributed by atoms with van der Waals surface area (Å²) in [5.74, 6) is -0.470. The van der Waals surface area contributed by atoms with Crippen LogP contribution in [0.3, 0.4) is 0 Å². The molecule has 1 rings (SSSR count). The SMILES string of the molecule is CCCCCCCCC=CCCCCCCCCOCN1C=CC(Cl)=C(C(N)=O)C1. The average molecular weight is 439 g/mol. The molecule has 0 fully saturated rings. The van der Waals surface area contributed by atoms with Crippen LogP contribution in [0.2, 0.25) is 0 Å². The van der Waals surface area contributed by atoms with Gasteiger partial charge in [-0.3, -0.25) is 4.79 Å². The monoisotopic (exact) mass is 438 g/mol. The Bertz CT molecular complexity index is 543. The molecule has 0 aromatic heterocycles. The van der Waals surface area contributed by atoms with Gasteiger partial charge in [-0.15, -0.1) is 0 Å². The Balaban J connectivity index is 1.83. The molecule has 1 heterocycles. The van der Waals surface area contributed by atoms with Gasteiger partial charge in [0.1, 0.15) is 6.73 Å². The maximum Gasteiger partial charge on any atom is 0.247 e. The summed E-state index contributed by atoms with van der Waals surface area (Å²) in [6, 6.07) is 0. The fraction of sp³-hybridized carbons (Fsp3) is 0.720. The second-order valence-electron chi connectivity index (χ2n) is 8.23. The van der Waals surface area contributed by atoms with Crippen molar-refractivity contribution >= 4 is 17.5 Å². The molecule has 4 nitrogen and oxygen atoms in total. The van der Waals surface area contributed by atoms with Gasteiger partial charge in [0.05, 0.1) is 17.2 Å². The minimum Gasteiger partial charge on any atom is -0.366 e. The van der Waals surface area contributed by atoms with Gasteiger partial charge in [0.15, 0.2) is 0 Å². The summed E-state index contributed by atoms with van der Waals surface area (Å²) in [5, 5.41) is 0.423. The van der Waals surface area contributed by atoms with E-state index in [0.29, 0.717) is 23.9 Å². The predicted octanol–water partition coefficient (Wildman–Crippen LogP) is 6.81. The maximum absolute atomic E-state index is 11.3. The molecule has 1 aliphatic heterocycles. The van der Waals surface area contributed by atoms with Crippen molar-refractivity contribution in [1.29, 1.82) is 0 Å². The van der Waals surface area contributed by atoms with Crippen molar-refractivity contribution in [3.8, 4) is 0 Å². The van der Waals surface area contributed by atoms with Gasteiger partial charge in [-0.05, 0) is 38.2 Å². The topological polar surface area (TPSA) is 55.6 Å². The molecule has 0 spiro atoms. The third-order valence-electron chi connectivity index (χ3n) is 5.44. The minimum absolute atomic E-state index is 0.415. The van der Waals surface area contributed by atoms with Crippen LogP contribution in [0, 0.1) is 0 Å². The molecule has 0 saturated carbocycles. The van der Waals surface area contributed by atoms with E-state index in [9.17, 15) is 4.79 Å². The standard InChI is InChI=1S/C25H43ClN2O2/c1-2-3-4-5-6-7-8-9-10-11-12-13-14-15-16-17-20-30-22-28-19-18-24(26)23(21-28)25(27)29/h9-10,18-19H,2-8,11-17,20-22H2,1H3,(H2,27,29). The van der Waals surface area contributed by atoms with Crippen molar-refractivity contribution in [1.82, 2.24) is 4.90 Å². The zero-order chi connectivity index (χ0) is 21.9. The lowest BCUT2D eigenvalue weighted by Gasteiger charge is -2.24. The van der Waals surface area contributed by atoms with Crippen molar-refractivity contribution in [3.63, 3.8) is 0 Å². The Kier molecular flexibility index (Phi) is 16.5. The van der Waals surface area contributed by atoms with Gasteiger partial charge in [-0.2, -0.15) is 0 Å². The number of nitrogens with zero attached hydrogens (tertiary/aromatic N) is 1. The number of allylic oxidation sites excluding steroid dienone is 4. The van der Waals surface area contributed by atoms with Crippen LogP contribution in [-0.2, 0) is 9.53 Å². The Morgan fingerprint density at radius 1 is 1.00 bits per heavy atom. The van der Waals surface area contributed by atoms with E-state index in [1.165, 1.54) is 83.5 Å². The Morgan fingerprint density at radius 3 is 2.17 bits per heavy atom. The summed E-state index contributed by atoms with van der Waals surface area (Å²) < 4.78 is 5.70. The maximum atomic E-state index is 11.3. The lowest BCUT2D eigenvalue weighted by molar-refractivity contribution is -0.114. The second-order valence-corrected chi connectivity index (χ2v) is 8.64. The summed E-state index contributed by atoms with van der Waals surface area (Å²) in [6.07, 6.45) is 26.6. The van der Waals surface area contributed by atoms with Crippen LogP contribution >= 0.6 is 11.6 Å². The van der Waals surface area contributed by atoms with Crippen LogP contribution in [0.4, 0.5) is 0 Å². The van der Waals surface area contributed by atoms with Gasteiger partial charge in [-0.1, -0.05) is 88.5 Å². The highest BCUT2D eigenvalue weighted by Gasteiger charge is 2.16. The molecule has 5 heteroatoms. The first-order valence-corrected chi connectivity index (χ1v) is 12.4. The molecule has 2 N–H and O–H groups in total. The van der Waals surface area contributed by atoms with Crippen LogP contribution in [-0.4, -0.2) is 30.7 Å². The molecular formula is C25H43ClN2O2. The molecule has 0 aliphatic carbocycles. The van der Waals surface area contributed by atoms with Crippen molar-refractivity contribution in [3.05, 3.63) is 35.0 Å². The first-order chi connectivity index (χ1) is 14.6. The number of amides is 1. The molecule has 1 amide bonds. The number of ether oxygens (including phenoxy) is 1. The molecule has 30 heavy (non-hydrogen) atoms. The lowest BCUT2D eigenvalue weighted by Crippen LogP contribution is -2.31. The highest BCUT2D eigenvalue weighted by Crippen LogP contribution is 2.18. The molecule has 0 aromatic carbocycles. The fourth-order valence-electron chi connectivity index (χ4n) is 3.52. The predicted molar refractivity (Wildman–Crippen MR) is 128 cm³/mol. The summed E-state index contributed by atoms with van der Waals surface area (Å²) in [6.45, 7) is 3.89. The van der Waals surface area contributed by atoms with Crippen molar-refractivity contribution < 1.29 is 9.53 Å². The van der Waals surface area contributed by atoms with Crippen molar-refractivity contribution in [2.45, 2.75) is 96.8 Å². The van der Waals surface area contributed by atoms with Crippen LogP contribution in [0.5, 0.6) is 0 Å². The van der Waals surface area contributed by atoms with Crippen molar-refractivity contribution in [2.24, 2.45) is 5.73 Å². The summed E-state index contributed by atoms with van der Waals surface area (Å²) in [5.41, 5.74) is 5.78. The van der Waals surface area contributed by atoms with Crippen LogP contribution in [0.25, 0.3) is 0 Å². The Morgan fingerprint density at radius 2 is 1.57 bits per heavy atom. The number of rotatable bonds is 19. The van der Waals surface area contributed by atoms with Crippen LogP contribution < -0.4 is 5.73 Å². The average Bonchev–Trinajstić information content (AvgIpc) is 2.73.